The maximum atomic E-state index is 12.4. The highest BCUT2D eigenvalue weighted by molar-refractivity contribution is 6.03. The van der Waals surface area contributed by atoms with E-state index < -0.39 is 11.7 Å². The van der Waals surface area contributed by atoms with E-state index in [9.17, 15) is 9.59 Å². The number of ether oxygens (including phenoxy) is 2. The summed E-state index contributed by atoms with van der Waals surface area (Å²) in [5, 5.41) is 2.68. The number of morpholine rings is 1. The van der Waals surface area contributed by atoms with Crippen molar-refractivity contribution in [1.29, 1.82) is 0 Å². The molecule has 138 valence electrons. The van der Waals surface area contributed by atoms with Gasteiger partial charge in [-0.25, -0.2) is 9.78 Å². The number of Topliss-reactive ketones (excluding diaryl/α,β-unsaturated/α-hetero) is 1. The van der Waals surface area contributed by atoms with Gasteiger partial charge >= 0.3 is 6.09 Å². The van der Waals surface area contributed by atoms with E-state index in [2.05, 4.69) is 15.2 Å². The molecule has 0 atom stereocenters. The summed E-state index contributed by atoms with van der Waals surface area (Å²) < 4.78 is 10.7. The van der Waals surface area contributed by atoms with Crippen LogP contribution in [0.2, 0.25) is 0 Å². The normalized spacial score (nSPS) is 15.2. The molecule has 1 saturated heterocycles. The van der Waals surface area contributed by atoms with Crippen molar-refractivity contribution in [3.8, 4) is 0 Å². The third-order valence-electron chi connectivity index (χ3n) is 3.64. The number of nitrogens with one attached hydrogen (secondary N) is 1. The van der Waals surface area contributed by atoms with Crippen LogP contribution in [0.4, 0.5) is 16.2 Å². The van der Waals surface area contributed by atoms with Gasteiger partial charge in [-0.3, -0.25) is 10.1 Å². The second-order valence-corrected chi connectivity index (χ2v) is 7.33. The smallest absolute Gasteiger partial charge is 0.412 e. The Labute approximate surface area is 148 Å². The highest BCUT2D eigenvalue weighted by Crippen LogP contribution is 2.25. The van der Waals surface area contributed by atoms with E-state index in [0.29, 0.717) is 18.9 Å². The number of carbonyl (C=O) groups excluding carboxylic acids is 2. The predicted molar refractivity (Wildman–Crippen MR) is 96.3 cm³/mol. The highest BCUT2D eigenvalue weighted by atomic mass is 16.6. The number of pyridine rings is 1. The minimum Gasteiger partial charge on any atom is -0.444 e. The van der Waals surface area contributed by atoms with Crippen LogP contribution in [0.25, 0.3) is 0 Å². The zero-order valence-electron chi connectivity index (χ0n) is 15.6. The van der Waals surface area contributed by atoms with Gasteiger partial charge in [0, 0.05) is 19.0 Å². The average molecular weight is 349 g/mol. The number of hydrogen-bond acceptors (Lipinski definition) is 6. The van der Waals surface area contributed by atoms with Crippen molar-refractivity contribution in [1.82, 2.24) is 4.98 Å². The largest absolute Gasteiger partial charge is 0.444 e. The van der Waals surface area contributed by atoms with Crippen LogP contribution < -0.4 is 10.2 Å². The number of carbonyl (C=O) groups is 2. The van der Waals surface area contributed by atoms with Crippen LogP contribution in [-0.2, 0) is 9.47 Å². The first-order valence-electron chi connectivity index (χ1n) is 8.54. The summed E-state index contributed by atoms with van der Waals surface area (Å²) in [5.41, 5.74) is 0.839. The predicted octanol–water partition coefficient (Wildman–Crippen LogP) is 3.10. The lowest BCUT2D eigenvalue weighted by Crippen LogP contribution is -2.36. The van der Waals surface area contributed by atoms with E-state index in [1.807, 2.05) is 0 Å². The fraction of sp³-hybridized carbons (Fsp3) is 0.611. The Morgan fingerprint density at radius 2 is 1.92 bits per heavy atom. The molecule has 25 heavy (non-hydrogen) atoms. The first kappa shape index (κ1) is 19.2. The topological polar surface area (TPSA) is 80.8 Å². The van der Waals surface area contributed by atoms with Gasteiger partial charge in [0.2, 0.25) is 0 Å². The van der Waals surface area contributed by atoms with Gasteiger partial charge in [0.25, 0.3) is 0 Å². The number of amides is 1. The van der Waals surface area contributed by atoms with Crippen LogP contribution in [0.3, 0.4) is 0 Å². The standard InChI is InChI=1S/C18H27N3O4/c1-12(2)16(22)15-14(20-17(23)25-18(3,4)5)10-13(11-19-15)21-6-8-24-9-7-21/h10-12H,6-9H2,1-5H3,(H,20,23). The quantitative estimate of drug-likeness (QED) is 0.841. The minimum absolute atomic E-state index is 0.125. The molecule has 2 rings (SSSR count). The molecular weight excluding hydrogens is 322 g/mol. The summed E-state index contributed by atoms with van der Waals surface area (Å²) in [6.45, 7) is 11.7. The summed E-state index contributed by atoms with van der Waals surface area (Å²) in [6.07, 6.45) is 1.06. The van der Waals surface area contributed by atoms with Crippen molar-refractivity contribution in [3.63, 3.8) is 0 Å². The van der Waals surface area contributed by atoms with Gasteiger partial charge in [0.15, 0.2) is 5.78 Å². The maximum absolute atomic E-state index is 12.4. The van der Waals surface area contributed by atoms with Crippen LogP contribution in [0.1, 0.15) is 45.1 Å². The van der Waals surface area contributed by atoms with Gasteiger partial charge < -0.3 is 14.4 Å². The number of ketones is 1. The van der Waals surface area contributed by atoms with Crippen molar-refractivity contribution in [2.75, 3.05) is 36.5 Å². The van der Waals surface area contributed by atoms with Gasteiger partial charge in [0.1, 0.15) is 11.3 Å². The molecule has 2 heterocycles. The Bertz CT molecular complexity index is 632. The third kappa shape index (κ3) is 5.42. The molecular formula is C18H27N3O4. The van der Waals surface area contributed by atoms with Crippen molar-refractivity contribution < 1.29 is 19.1 Å². The van der Waals surface area contributed by atoms with Gasteiger partial charge in [0.05, 0.1) is 30.8 Å². The van der Waals surface area contributed by atoms with Gasteiger partial charge in [-0.2, -0.15) is 0 Å². The van der Waals surface area contributed by atoms with Crippen LogP contribution >= 0.6 is 0 Å². The zero-order valence-corrected chi connectivity index (χ0v) is 15.6. The van der Waals surface area contributed by atoms with E-state index in [-0.39, 0.29) is 17.4 Å². The maximum Gasteiger partial charge on any atom is 0.412 e. The Kier molecular flexibility index (Phi) is 6.00. The van der Waals surface area contributed by atoms with Crippen LogP contribution in [-0.4, -0.2) is 48.8 Å². The summed E-state index contributed by atoms with van der Waals surface area (Å²) in [4.78, 5) is 31.0. The van der Waals surface area contributed by atoms with Crippen molar-refractivity contribution in [2.45, 2.75) is 40.2 Å². The molecule has 7 heteroatoms. The second kappa shape index (κ2) is 7.82. The molecule has 0 aliphatic carbocycles. The number of aromatic nitrogens is 1. The van der Waals surface area contributed by atoms with Crippen LogP contribution in [0.5, 0.6) is 0 Å². The van der Waals surface area contributed by atoms with E-state index in [0.717, 1.165) is 18.8 Å². The molecule has 1 fully saturated rings. The van der Waals surface area contributed by atoms with Crippen molar-refractivity contribution in [3.05, 3.63) is 18.0 Å². The monoisotopic (exact) mass is 349 g/mol. The Morgan fingerprint density at radius 3 is 2.48 bits per heavy atom. The SMILES string of the molecule is CC(C)C(=O)c1ncc(N2CCOCC2)cc1NC(=O)OC(C)(C)C. The Balaban J connectivity index is 2.30. The molecule has 1 aromatic rings. The van der Waals surface area contributed by atoms with Crippen molar-refractivity contribution >= 4 is 23.3 Å². The molecule has 7 nitrogen and oxygen atoms in total. The molecule has 1 N–H and O–H groups in total. The van der Waals surface area contributed by atoms with E-state index in [1.165, 1.54) is 0 Å². The fourth-order valence-electron chi connectivity index (χ4n) is 2.43. The number of hydrogen-bond donors (Lipinski definition) is 1. The van der Waals surface area contributed by atoms with E-state index >= 15 is 0 Å². The fourth-order valence-corrected chi connectivity index (χ4v) is 2.43. The lowest BCUT2D eigenvalue weighted by molar-refractivity contribution is 0.0636. The Hall–Kier alpha value is -2.15. The molecule has 0 radical (unpaired) electrons. The summed E-state index contributed by atoms with van der Waals surface area (Å²) in [7, 11) is 0. The number of rotatable bonds is 4. The molecule has 0 aromatic carbocycles. The first-order chi connectivity index (χ1) is 11.7. The minimum atomic E-state index is -0.623. The zero-order chi connectivity index (χ0) is 18.6. The molecule has 0 spiro atoms. The molecule has 1 amide bonds. The number of anilines is 2. The lowest BCUT2D eigenvalue weighted by atomic mass is 10.0. The van der Waals surface area contributed by atoms with Crippen LogP contribution in [0, 0.1) is 5.92 Å². The summed E-state index contributed by atoms with van der Waals surface area (Å²) >= 11 is 0. The molecule has 1 aliphatic heterocycles. The molecule has 1 aliphatic rings. The average Bonchev–Trinajstić information content (AvgIpc) is 2.53. The van der Waals surface area contributed by atoms with E-state index in [4.69, 9.17) is 9.47 Å². The van der Waals surface area contributed by atoms with Gasteiger partial charge in [-0.1, -0.05) is 13.8 Å². The second-order valence-electron chi connectivity index (χ2n) is 7.33. The summed E-state index contributed by atoms with van der Waals surface area (Å²) in [6, 6.07) is 1.78. The first-order valence-corrected chi connectivity index (χ1v) is 8.54. The van der Waals surface area contributed by atoms with Crippen molar-refractivity contribution in [2.24, 2.45) is 5.92 Å². The Morgan fingerprint density at radius 1 is 1.28 bits per heavy atom. The molecule has 0 bridgehead atoms. The van der Waals surface area contributed by atoms with Crippen LogP contribution in [0.15, 0.2) is 12.3 Å². The highest BCUT2D eigenvalue weighted by Gasteiger charge is 2.23. The molecule has 0 saturated carbocycles. The van der Waals surface area contributed by atoms with E-state index in [1.54, 1.807) is 46.9 Å². The van der Waals surface area contributed by atoms with Gasteiger partial charge in [-0.15, -0.1) is 0 Å². The molecule has 0 unspecified atom stereocenters. The summed E-state index contributed by atoms with van der Waals surface area (Å²) in [5.74, 6) is -0.347. The molecule has 1 aromatic heterocycles. The number of nitrogens with zero attached hydrogens (tertiary/aromatic N) is 2. The van der Waals surface area contributed by atoms with Gasteiger partial charge in [-0.05, 0) is 26.8 Å². The third-order valence-corrected chi connectivity index (χ3v) is 3.64. The lowest BCUT2D eigenvalue weighted by Gasteiger charge is -2.29.